The molecule has 0 saturated carbocycles. The zero-order valence-corrected chi connectivity index (χ0v) is 17.9. The second-order valence-electron chi connectivity index (χ2n) is 7.55. The molecule has 0 atom stereocenters. The SMILES string of the molecule is CCCCc1ccc(NC(=O)c2ccc(NC(=O)Cn3cc(C)ccc3=O)cc2)cc1. The normalized spacial score (nSPS) is 10.5. The van der Waals surface area contributed by atoms with Gasteiger partial charge in [0.1, 0.15) is 6.54 Å². The van der Waals surface area contributed by atoms with Crippen LogP contribution in [0.3, 0.4) is 0 Å². The van der Waals surface area contributed by atoms with Crippen molar-refractivity contribution in [3.63, 3.8) is 0 Å². The molecule has 0 spiro atoms. The molecule has 0 aliphatic heterocycles. The highest BCUT2D eigenvalue weighted by Gasteiger charge is 2.09. The number of amides is 2. The van der Waals surface area contributed by atoms with Gasteiger partial charge < -0.3 is 15.2 Å². The van der Waals surface area contributed by atoms with Crippen molar-refractivity contribution in [1.82, 2.24) is 4.57 Å². The molecule has 0 bridgehead atoms. The Kier molecular flexibility index (Phi) is 7.38. The summed E-state index contributed by atoms with van der Waals surface area (Å²) < 4.78 is 1.36. The second-order valence-corrected chi connectivity index (χ2v) is 7.55. The molecule has 160 valence electrons. The fourth-order valence-corrected chi connectivity index (χ4v) is 3.17. The number of anilines is 2. The number of carbonyl (C=O) groups excluding carboxylic acids is 2. The first-order valence-electron chi connectivity index (χ1n) is 10.4. The van der Waals surface area contributed by atoms with E-state index in [0.29, 0.717) is 11.3 Å². The molecular weight excluding hydrogens is 390 g/mol. The molecule has 1 heterocycles. The summed E-state index contributed by atoms with van der Waals surface area (Å²) in [6, 6.07) is 17.7. The van der Waals surface area contributed by atoms with E-state index in [1.165, 1.54) is 16.2 Å². The Morgan fingerprint density at radius 2 is 1.52 bits per heavy atom. The predicted molar refractivity (Wildman–Crippen MR) is 124 cm³/mol. The number of nitrogens with zero attached hydrogens (tertiary/aromatic N) is 1. The summed E-state index contributed by atoms with van der Waals surface area (Å²) in [5, 5.41) is 5.63. The van der Waals surface area contributed by atoms with Gasteiger partial charge >= 0.3 is 0 Å². The van der Waals surface area contributed by atoms with Gasteiger partial charge in [-0.15, -0.1) is 0 Å². The van der Waals surface area contributed by atoms with E-state index in [0.717, 1.165) is 30.5 Å². The van der Waals surface area contributed by atoms with E-state index in [1.807, 2.05) is 31.2 Å². The minimum absolute atomic E-state index is 0.0724. The van der Waals surface area contributed by atoms with Crippen molar-refractivity contribution in [3.05, 3.63) is 93.9 Å². The Balaban J connectivity index is 1.56. The van der Waals surface area contributed by atoms with Crippen molar-refractivity contribution in [1.29, 1.82) is 0 Å². The molecule has 2 aromatic carbocycles. The van der Waals surface area contributed by atoms with Crippen LogP contribution >= 0.6 is 0 Å². The van der Waals surface area contributed by atoms with E-state index in [1.54, 1.807) is 36.5 Å². The Labute approximate surface area is 181 Å². The zero-order chi connectivity index (χ0) is 22.2. The van der Waals surface area contributed by atoms with Crippen LogP contribution < -0.4 is 16.2 Å². The van der Waals surface area contributed by atoms with Gasteiger partial charge in [-0.1, -0.05) is 31.5 Å². The standard InChI is InChI=1S/C25H27N3O3/c1-3-4-5-19-7-11-22(12-8-19)27-25(31)20-9-13-21(14-10-20)26-23(29)17-28-16-18(2)6-15-24(28)30/h6-16H,3-5,17H2,1-2H3,(H,26,29)(H,27,31). The summed E-state index contributed by atoms with van der Waals surface area (Å²) in [5.74, 6) is -0.529. The maximum absolute atomic E-state index is 12.5. The van der Waals surface area contributed by atoms with Crippen LogP contribution in [0.1, 0.15) is 41.3 Å². The molecule has 2 N–H and O–H groups in total. The average molecular weight is 418 g/mol. The highest BCUT2D eigenvalue weighted by atomic mass is 16.2. The number of carbonyl (C=O) groups is 2. The third-order valence-electron chi connectivity index (χ3n) is 4.91. The fraction of sp³-hybridized carbons (Fsp3) is 0.240. The summed E-state index contributed by atoms with van der Waals surface area (Å²) in [7, 11) is 0. The first-order valence-corrected chi connectivity index (χ1v) is 10.4. The molecule has 2 amide bonds. The number of hydrogen-bond acceptors (Lipinski definition) is 3. The van der Waals surface area contributed by atoms with Crippen LogP contribution in [-0.4, -0.2) is 16.4 Å². The third-order valence-corrected chi connectivity index (χ3v) is 4.91. The van der Waals surface area contributed by atoms with Crippen LogP contribution in [0.2, 0.25) is 0 Å². The van der Waals surface area contributed by atoms with E-state index in [9.17, 15) is 14.4 Å². The molecule has 0 aliphatic carbocycles. The third kappa shape index (κ3) is 6.40. The fourth-order valence-electron chi connectivity index (χ4n) is 3.17. The van der Waals surface area contributed by atoms with Crippen LogP contribution in [0, 0.1) is 6.92 Å². The minimum Gasteiger partial charge on any atom is -0.325 e. The van der Waals surface area contributed by atoms with Gasteiger partial charge in [-0.25, -0.2) is 0 Å². The first-order chi connectivity index (χ1) is 14.9. The maximum atomic E-state index is 12.5. The van der Waals surface area contributed by atoms with Crippen molar-refractivity contribution in [3.8, 4) is 0 Å². The topological polar surface area (TPSA) is 80.2 Å². The largest absolute Gasteiger partial charge is 0.325 e. The summed E-state index contributed by atoms with van der Waals surface area (Å²) in [4.78, 5) is 36.6. The van der Waals surface area contributed by atoms with Crippen molar-refractivity contribution >= 4 is 23.2 Å². The minimum atomic E-state index is -0.312. The Bertz CT molecular complexity index is 1100. The molecule has 3 aromatic rings. The lowest BCUT2D eigenvalue weighted by molar-refractivity contribution is -0.116. The van der Waals surface area contributed by atoms with E-state index >= 15 is 0 Å². The van der Waals surface area contributed by atoms with Crippen molar-refractivity contribution in [2.45, 2.75) is 39.7 Å². The molecule has 1 aromatic heterocycles. The number of nitrogens with one attached hydrogen (secondary N) is 2. The summed E-state index contributed by atoms with van der Waals surface area (Å²) in [5.41, 5.74) is 3.72. The van der Waals surface area contributed by atoms with Crippen molar-refractivity contribution in [2.75, 3.05) is 10.6 Å². The van der Waals surface area contributed by atoms with E-state index in [-0.39, 0.29) is 23.9 Å². The highest BCUT2D eigenvalue weighted by molar-refractivity contribution is 6.04. The molecule has 0 saturated heterocycles. The number of benzene rings is 2. The van der Waals surface area contributed by atoms with Gasteiger partial charge in [0.2, 0.25) is 5.91 Å². The Hall–Kier alpha value is -3.67. The molecule has 6 nitrogen and oxygen atoms in total. The summed E-state index contributed by atoms with van der Waals surface area (Å²) >= 11 is 0. The number of unbranched alkanes of at least 4 members (excludes halogenated alkanes) is 1. The number of aromatic nitrogens is 1. The van der Waals surface area contributed by atoms with Crippen molar-refractivity contribution in [2.24, 2.45) is 0 Å². The number of rotatable bonds is 8. The summed E-state index contributed by atoms with van der Waals surface area (Å²) in [6.07, 6.45) is 4.98. The lowest BCUT2D eigenvalue weighted by atomic mass is 10.1. The van der Waals surface area contributed by atoms with E-state index in [4.69, 9.17) is 0 Å². The lowest BCUT2D eigenvalue weighted by Crippen LogP contribution is -2.26. The first kappa shape index (κ1) is 22.0. The number of hydrogen-bond donors (Lipinski definition) is 2. The van der Waals surface area contributed by atoms with Gasteiger partial charge in [0.25, 0.3) is 11.5 Å². The number of aryl methyl sites for hydroxylation is 2. The van der Waals surface area contributed by atoms with Gasteiger partial charge in [-0.05, 0) is 67.3 Å². The molecule has 0 aliphatic rings. The Morgan fingerprint density at radius 1 is 0.871 bits per heavy atom. The molecule has 0 unspecified atom stereocenters. The van der Waals surface area contributed by atoms with E-state index in [2.05, 4.69) is 17.6 Å². The van der Waals surface area contributed by atoms with Crippen LogP contribution in [0.5, 0.6) is 0 Å². The molecule has 0 radical (unpaired) electrons. The Morgan fingerprint density at radius 3 is 2.19 bits per heavy atom. The smallest absolute Gasteiger partial charge is 0.255 e. The zero-order valence-electron chi connectivity index (χ0n) is 17.9. The molecular formula is C25H27N3O3. The van der Waals surface area contributed by atoms with Crippen LogP contribution in [-0.2, 0) is 17.8 Å². The van der Waals surface area contributed by atoms with E-state index < -0.39 is 0 Å². The molecule has 31 heavy (non-hydrogen) atoms. The van der Waals surface area contributed by atoms with Gasteiger partial charge in [-0.3, -0.25) is 14.4 Å². The number of pyridine rings is 1. The predicted octanol–water partition coefficient (Wildman–Crippen LogP) is 4.39. The quantitative estimate of drug-likeness (QED) is 0.570. The molecule has 3 rings (SSSR count). The summed E-state index contributed by atoms with van der Waals surface area (Å²) in [6.45, 7) is 3.95. The van der Waals surface area contributed by atoms with Crippen LogP contribution in [0.25, 0.3) is 0 Å². The van der Waals surface area contributed by atoms with Gasteiger partial charge in [0.05, 0.1) is 0 Å². The monoisotopic (exact) mass is 417 g/mol. The van der Waals surface area contributed by atoms with Gasteiger partial charge in [0.15, 0.2) is 0 Å². The van der Waals surface area contributed by atoms with Gasteiger partial charge in [0, 0.05) is 29.2 Å². The molecule has 0 fully saturated rings. The highest BCUT2D eigenvalue weighted by Crippen LogP contribution is 2.15. The lowest BCUT2D eigenvalue weighted by Gasteiger charge is -2.09. The van der Waals surface area contributed by atoms with Crippen LogP contribution in [0.4, 0.5) is 11.4 Å². The second kappa shape index (κ2) is 10.4. The van der Waals surface area contributed by atoms with Crippen molar-refractivity contribution < 1.29 is 9.59 Å². The maximum Gasteiger partial charge on any atom is 0.255 e. The molecule has 6 heteroatoms. The van der Waals surface area contributed by atoms with Gasteiger partial charge in [-0.2, -0.15) is 0 Å². The average Bonchev–Trinajstić information content (AvgIpc) is 2.76. The van der Waals surface area contributed by atoms with Crippen LogP contribution in [0.15, 0.2) is 71.7 Å².